The predicted octanol–water partition coefficient (Wildman–Crippen LogP) is 2.88. The molecule has 1 aliphatic heterocycles. The number of benzene rings is 1. The van der Waals surface area contributed by atoms with E-state index in [0.29, 0.717) is 6.42 Å². The number of imide groups is 1. The number of rotatable bonds is 7. The van der Waals surface area contributed by atoms with Crippen molar-refractivity contribution < 1.29 is 14.4 Å². The maximum atomic E-state index is 13.2. The van der Waals surface area contributed by atoms with E-state index in [2.05, 4.69) is 5.32 Å². The average molecular weight is 359 g/mol. The highest BCUT2D eigenvalue weighted by molar-refractivity contribution is 6.09. The Hall–Kier alpha value is -2.37. The molecule has 6 nitrogen and oxygen atoms in total. The zero-order valence-corrected chi connectivity index (χ0v) is 16.3. The Morgan fingerprint density at radius 1 is 1.12 bits per heavy atom. The first kappa shape index (κ1) is 19.9. The third kappa shape index (κ3) is 3.59. The summed E-state index contributed by atoms with van der Waals surface area (Å²) >= 11 is 0. The van der Waals surface area contributed by atoms with Gasteiger partial charge in [-0.2, -0.15) is 0 Å². The van der Waals surface area contributed by atoms with Crippen LogP contribution in [-0.2, 0) is 15.1 Å². The highest BCUT2D eigenvalue weighted by atomic mass is 16.2. The number of amides is 4. The summed E-state index contributed by atoms with van der Waals surface area (Å²) in [4.78, 5) is 41.3. The standard InChI is InChI=1S/C20H29N3O3/c1-6-12-20(16-10-8-7-9-11-16)18(25)22(19(26)21-20)13-17(24)23(14(2)3)15(4)5/h7-11,14-15H,6,12-13H2,1-5H3,(H,21,26)/t20-/m1/s1. The van der Waals surface area contributed by atoms with Gasteiger partial charge in [-0.3, -0.25) is 14.5 Å². The van der Waals surface area contributed by atoms with E-state index >= 15 is 0 Å². The van der Waals surface area contributed by atoms with Gasteiger partial charge in [-0.1, -0.05) is 43.7 Å². The van der Waals surface area contributed by atoms with E-state index < -0.39 is 11.6 Å². The largest absolute Gasteiger partial charge is 0.336 e. The SMILES string of the molecule is CCC[C@]1(c2ccccc2)NC(=O)N(CC(=O)N(C(C)C)C(C)C)C1=O. The quantitative estimate of drug-likeness (QED) is 0.761. The molecule has 26 heavy (non-hydrogen) atoms. The summed E-state index contributed by atoms with van der Waals surface area (Å²) in [7, 11) is 0. The number of nitrogens with one attached hydrogen (secondary N) is 1. The molecule has 6 heteroatoms. The van der Waals surface area contributed by atoms with Gasteiger partial charge in [0, 0.05) is 12.1 Å². The van der Waals surface area contributed by atoms with Gasteiger partial charge in [-0.05, 0) is 39.7 Å². The van der Waals surface area contributed by atoms with E-state index in [0.717, 1.165) is 16.9 Å². The molecule has 4 amide bonds. The molecule has 1 aromatic rings. The first-order valence-corrected chi connectivity index (χ1v) is 9.25. The molecular weight excluding hydrogens is 330 g/mol. The molecule has 0 radical (unpaired) electrons. The van der Waals surface area contributed by atoms with E-state index in [9.17, 15) is 14.4 Å². The molecule has 1 N–H and O–H groups in total. The first-order chi connectivity index (χ1) is 12.2. The van der Waals surface area contributed by atoms with Crippen LogP contribution in [0.5, 0.6) is 0 Å². The number of urea groups is 1. The van der Waals surface area contributed by atoms with Gasteiger partial charge in [0.2, 0.25) is 5.91 Å². The lowest BCUT2D eigenvalue weighted by Crippen LogP contribution is -2.49. The van der Waals surface area contributed by atoms with Crippen LogP contribution in [0.3, 0.4) is 0 Å². The first-order valence-electron chi connectivity index (χ1n) is 9.25. The van der Waals surface area contributed by atoms with Gasteiger partial charge in [0.1, 0.15) is 12.1 Å². The van der Waals surface area contributed by atoms with Gasteiger partial charge < -0.3 is 10.2 Å². The van der Waals surface area contributed by atoms with Gasteiger partial charge in [0.05, 0.1) is 0 Å². The van der Waals surface area contributed by atoms with Crippen molar-refractivity contribution in [3.05, 3.63) is 35.9 Å². The van der Waals surface area contributed by atoms with E-state index in [1.807, 2.05) is 65.0 Å². The highest BCUT2D eigenvalue weighted by Gasteiger charge is 2.52. The Balaban J connectivity index is 2.31. The van der Waals surface area contributed by atoms with Crippen LogP contribution in [0.25, 0.3) is 0 Å². The fraction of sp³-hybridized carbons (Fsp3) is 0.550. The van der Waals surface area contributed by atoms with Crippen molar-refractivity contribution in [3.8, 4) is 0 Å². The van der Waals surface area contributed by atoms with Crippen LogP contribution in [0.4, 0.5) is 4.79 Å². The number of hydrogen-bond acceptors (Lipinski definition) is 3. The van der Waals surface area contributed by atoms with E-state index in [4.69, 9.17) is 0 Å². The minimum Gasteiger partial charge on any atom is -0.336 e. The molecule has 0 unspecified atom stereocenters. The summed E-state index contributed by atoms with van der Waals surface area (Å²) in [6.07, 6.45) is 1.22. The maximum Gasteiger partial charge on any atom is 0.325 e. The molecule has 1 heterocycles. The lowest BCUT2D eigenvalue weighted by atomic mass is 9.85. The molecule has 1 saturated heterocycles. The number of carbonyl (C=O) groups is 3. The number of carbonyl (C=O) groups excluding carboxylic acids is 3. The van der Waals surface area contributed by atoms with E-state index in [1.54, 1.807) is 4.90 Å². The molecule has 1 fully saturated rings. The Morgan fingerprint density at radius 2 is 1.69 bits per heavy atom. The molecule has 1 aromatic carbocycles. The molecule has 0 aromatic heterocycles. The Morgan fingerprint density at radius 3 is 2.19 bits per heavy atom. The van der Waals surface area contributed by atoms with Crippen LogP contribution in [0.1, 0.15) is 53.0 Å². The fourth-order valence-corrected chi connectivity index (χ4v) is 3.77. The smallest absolute Gasteiger partial charge is 0.325 e. The maximum absolute atomic E-state index is 13.2. The summed E-state index contributed by atoms with van der Waals surface area (Å²) in [5, 5.41) is 2.85. The summed E-state index contributed by atoms with van der Waals surface area (Å²) in [5.41, 5.74) is -0.340. The lowest BCUT2D eigenvalue weighted by Gasteiger charge is -2.32. The van der Waals surface area contributed by atoms with E-state index in [-0.39, 0.29) is 30.4 Å². The van der Waals surface area contributed by atoms with Gasteiger partial charge in [-0.15, -0.1) is 0 Å². The molecule has 1 aliphatic rings. The topological polar surface area (TPSA) is 69.7 Å². The summed E-state index contributed by atoms with van der Waals surface area (Å²) in [5.74, 6) is -0.574. The molecule has 142 valence electrons. The van der Waals surface area contributed by atoms with Gasteiger partial charge in [-0.25, -0.2) is 4.79 Å². The Kier molecular flexibility index (Phi) is 6.05. The van der Waals surface area contributed by atoms with Crippen molar-refractivity contribution in [2.75, 3.05) is 6.54 Å². The molecule has 0 aliphatic carbocycles. The summed E-state index contributed by atoms with van der Waals surface area (Å²) in [6, 6.07) is 8.73. The number of nitrogens with zero attached hydrogens (tertiary/aromatic N) is 2. The normalized spacial score (nSPS) is 20.0. The monoisotopic (exact) mass is 359 g/mol. The second kappa shape index (κ2) is 7.89. The molecule has 1 atom stereocenters. The molecular formula is C20H29N3O3. The van der Waals surface area contributed by atoms with Crippen LogP contribution in [0.2, 0.25) is 0 Å². The van der Waals surface area contributed by atoms with Crippen LogP contribution in [-0.4, -0.2) is 46.3 Å². The average Bonchev–Trinajstić information content (AvgIpc) is 2.80. The zero-order chi connectivity index (χ0) is 19.5. The zero-order valence-electron chi connectivity index (χ0n) is 16.3. The van der Waals surface area contributed by atoms with Gasteiger partial charge >= 0.3 is 6.03 Å². The minimum atomic E-state index is -1.09. The predicted molar refractivity (Wildman–Crippen MR) is 100 cm³/mol. The lowest BCUT2D eigenvalue weighted by molar-refractivity contribution is -0.141. The van der Waals surface area contributed by atoms with Crippen LogP contribution in [0.15, 0.2) is 30.3 Å². The van der Waals surface area contributed by atoms with Crippen molar-refractivity contribution in [2.24, 2.45) is 0 Å². The molecule has 0 saturated carbocycles. The van der Waals surface area contributed by atoms with Crippen LogP contribution < -0.4 is 5.32 Å². The third-order valence-corrected chi connectivity index (χ3v) is 4.76. The summed E-state index contributed by atoms with van der Waals surface area (Å²) < 4.78 is 0. The molecule has 0 bridgehead atoms. The molecule has 2 rings (SSSR count). The second-order valence-corrected chi connectivity index (χ2v) is 7.33. The van der Waals surface area contributed by atoms with Crippen LogP contribution >= 0.6 is 0 Å². The van der Waals surface area contributed by atoms with Crippen molar-refractivity contribution in [3.63, 3.8) is 0 Å². The van der Waals surface area contributed by atoms with Gasteiger partial charge in [0.15, 0.2) is 0 Å². The minimum absolute atomic E-state index is 0.00205. The third-order valence-electron chi connectivity index (χ3n) is 4.76. The second-order valence-electron chi connectivity index (χ2n) is 7.33. The van der Waals surface area contributed by atoms with Crippen molar-refractivity contribution >= 4 is 17.8 Å². The van der Waals surface area contributed by atoms with Gasteiger partial charge in [0.25, 0.3) is 5.91 Å². The van der Waals surface area contributed by atoms with Crippen LogP contribution in [0, 0.1) is 0 Å². The highest BCUT2D eigenvalue weighted by Crippen LogP contribution is 2.33. The summed E-state index contributed by atoms with van der Waals surface area (Å²) in [6.45, 7) is 9.44. The van der Waals surface area contributed by atoms with Crippen molar-refractivity contribution in [1.29, 1.82) is 0 Å². The van der Waals surface area contributed by atoms with Crippen molar-refractivity contribution in [1.82, 2.24) is 15.1 Å². The fourth-order valence-electron chi connectivity index (χ4n) is 3.77. The van der Waals surface area contributed by atoms with Crippen molar-refractivity contribution in [2.45, 2.75) is 65.1 Å². The Labute approximate surface area is 155 Å². The number of hydrogen-bond donors (Lipinski definition) is 1. The molecule has 0 spiro atoms. The van der Waals surface area contributed by atoms with E-state index in [1.165, 1.54) is 0 Å². The Bertz CT molecular complexity index is 664.